The molecule has 188 valence electrons. The number of aliphatic hydroxyl groups is 1. The number of aliphatic hydroxyl groups excluding tert-OH is 1. The number of carbonyl (C=O) groups is 3. The van der Waals surface area contributed by atoms with Crippen LogP contribution in [0.3, 0.4) is 0 Å². The molecule has 0 aliphatic heterocycles. The number of carboxylic acids is 1. The summed E-state index contributed by atoms with van der Waals surface area (Å²) in [5, 5.41) is 28.8. The van der Waals surface area contributed by atoms with Gasteiger partial charge in [-0.2, -0.15) is 5.10 Å². The Bertz CT molecular complexity index is 1570. The van der Waals surface area contributed by atoms with Crippen molar-refractivity contribution in [2.24, 2.45) is 0 Å². The van der Waals surface area contributed by atoms with Crippen LogP contribution in [0.5, 0.6) is 0 Å². The second-order valence-corrected chi connectivity index (χ2v) is 8.51. The van der Waals surface area contributed by atoms with Gasteiger partial charge in [0.05, 0.1) is 23.9 Å². The first kappa shape index (κ1) is 24.0. The Labute approximate surface area is 207 Å². The minimum absolute atomic E-state index is 0.0316. The first-order chi connectivity index (χ1) is 17.7. The summed E-state index contributed by atoms with van der Waals surface area (Å²) in [5.74, 6) is -3.95. The van der Waals surface area contributed by atoms with Crippen molar-refractivity contribution in [3.8, 4) is 0 Å². The minimum atomic E-state index is -1.12. The lowest BCUT2D eigenvalue weighted by Crippen LogP contribution is -2.35. The second-order valence-electron chi connectivity index (χ2n) is 8.51. The van der Waals surface area contributed by atoms with Crippen LogP contribution in [-0.2, 0) is 13.0 Å². The zero-order valence-corrected chi connectivity index (χ0v) is 19.0. The van der Waals surface area contributed by atoms with Crippen LogP contribution >= 0.6 is 0 Å². The first-order valence-corrected chi connectivity index (χ1v) is 11.1. The quantitative estimate of drug-likeness (QED) is 0.312. The van der Waals surface area contributed by atoms with Gasteiger partial charge in [-0.3, -0.25) is 9.59 Å². The Hall–Kier alpha value is -4.71. The highest BCUT2D eigenvalue weighted by molar-refractivity contribution is 5.98. The van der Waals surface area contributed by atoms with E-state index in [4.69, 9.17) is 0 Å². The van der Waals surface area contributed by atoms with Gasteiger partial charge in [0, 0.05) is 19.0 Å². The highest BCUT2D eigenvalue weighted by Crippen LogP contribution is 2.32. The zero-order valence-electron chi connectivity index (χ0n) is 19.0. The van der Waals surface area contributed by atoms with Crippen LogP contribution in [0, 0.1) is 11.6 Å². The Morgan fingerprint density at radius 1 is 1.08 bits per heavy atom. The predicted molar refractivity (Wildman–Crippen MR) is 124 cm³/mol. The molecule has 10 nitrogen and oxygen atoms in total. The third-order valence-corrected chi connectivity index (χ3v) is 6.06. The lowest BCUT2D eigenvalue weighted by atomic mass is 10.0. The zero-order chi connectivity index (χ0) is 26.3. The maximum atomic E-state index is 14.4. The molecule has 0 saturated heterocycles. The third-order valence-electron chi connectivity index (χ3n) is 6.06. The van der Waals surface area contributed by atoms with Gasteiger partial charge in [-0.25, -0.2) is 23.1 Å². The Balaban J connectivity index is 1.42. The van der Waals surface area contributed by atoms with Crippen molar-refractivity contribution >= 4 is 23.4 Å². The molecule has 0 bridgehead atoms. The van der Waals surface area contributed by atoms with Crippen molar-refractivity contribution in [2.45, 2.75) is 25.1 Å². The van der Waals surface area contributed by atoms with Crippen molar-refractivity contribution in [1.82, 2.24) is 25.2 Å². The number of aromatic carboxylic acids is 1. The van der Waals surface area contributed by atoms with Gasteiger partial charge in [-0.1, -0.05) is 18.2 Å². The second kappa shape index (κ2) is 9.39. The number of halogens is 2. The molecule has 2 aromatic carbocycles. The van der Waals surface area contributed by atoms with Gasteiger partial charge in [0.25, 0.3) is 11.8 Å². The van der Waals surface area contributed by atoms with Gasteiger partial charge in [0.15, 0.2) is 11.5 Å². The highest BCUT2D eigenvalue weighted by atomic mass is 19.1. The fourth-order valence-electron chi connectivity index (χ4n) is 4.29. The molecule has 2 heterocycles. The number of hydrogen-bond acceptors (Lipinski definition) is 6. The van der Waals surface area contributed by atoms with Crippen molar-refractivity contribution in [3.63, 3.8) is 0 Å². The lowest BCUT2D eigenvalue weighted by Gasteiger charge is -2.18. The molecule has 1 aliphatic carbocycles. The van der Waals surface area contributed by atoms with Crippen LogP contribution in [0.1, 0.15) is 54.1 Å². The van der Waals surface area contributed by atoms with E-state index in [0.717, 1.165) is 16.8 Å². The average molecular weight is 507 g/mol. The van der Waals surface area contributed by atoms with E-state index in [1.165, 1.54) is 36.4 Å². The monoisotopic (exact) mass is 507 g/mol. The van der Waals surface area contributed by atoms with Crippen LogP contribution in [0.25, 0.3) is 5.65 Å². The molecule has 0 unspecified atom stereocenters. The molecule has 2 aromatic heterocycles. The average Bonchev–Trinajstić information content (AvgIpc) is 3.40. The van der Waals surface area contributed by atoms with Gasteiger partial charge >= 0.3 is 5.97 Å². The van der Waals surface area contributed by atoms with E-state index < -0.39 is 41.6 Å². The molecular formula is C25H19F2N5O5. The summed E-state index contributed by atoms with van der Waals surface area (Å²) in [5.41, 5.74) is 0.801. The third kappa shape index (κ3) is 4.61. The van der Waals surface area contributed by atoms with Crippen molar-refractivity contribution in [3.05, 3.63) is 100 Å². The molecular weight excluding hydrogens is 488 g/mol. The Morgan fingerprint density at radius 2 is 1.89 bits per heavy atom. The molecule has 4 N–H and O–H groups in total. The smallest absolute Gasteiger partial charge is 0.335 e. The molecule has 37 heavy (non-hydrogen) atoms. The number of benzene rings is 2. The fourth-order valence-corrected chi connectivity index (χ4v) is 4.29. The summed E-state index contributed by atoms with van der Waals surface area (Å²) in [7, 11) is 0. The number of amides is 2. The van der Waals surface area contributed by atoms with Crippen LogP contribution in [-0.4, -0.2) is 48.7 Å². The molecule has 4 aromatic rings. The van der Waals surface area contributed by atoms with E-state index in [0.29, 0.717) is 16.7 Å². The van der Waals surface area contributed by atoms with Crippen molar-refractivity contribution < 1.29 is 33.4 Å². The van der Waals surface area contributed by atoms with Gasteiger partial charge < -0.3 is 20.8 Å². The molecule has 12 heteroatoms. The minimum Gasteiger partial charge on any atom is -0.478 e. The number of nitrogens with zero attached hydrogens (tertiary/aromatic N) is 3. The van der Waals surface area contributed by atoms with E-state index in [9.17, 15) is 33.4 Å². The number of carbonyl (C=O) groups excluding carboxylic acids is 2. The molecule has 1 aliphatic rings. The Morgan fingerprint density at radius 3 is 2.65 bits per heavy atom. The fraction of sp³-hybridized carbons (Fsp3) is 0.160. The summed E-state index contributed by atoms with van der Waals surface area (Å²) in [6.45, 7) is -0.0316. The van der Waals surface area contributed by atoms with E-state index in [1.807, 2.05) is 0 Å². The highest BCUT2D eigenvalue weighted by Gasteiger charge is 2.34. The van der Waals surface area contributed by atoms with E-state index in [1.54, 1.807) is 6.07 Å². The van der Waals surface area contributed by atoms with Gasteiger partial charge in [0.2, 0.25) is 0 Å². The van der Waals surface area contributed by atoms with E-state index >= 15 is 0 Å². The largest absolute Gasteiger partial charge is 0.478 e. The van der Waals surface area contributed by atoms with Crippen molar-refractivity contribution in [2.75, 3.05) is 0 Å². The van der Waals surface area contributed by atoms with Gasteiger partial charge in [-0.05, 0) is 41.0 Å². The number of carboxylic acid groups (broad SMARTS) is 1. The molecule has 5 rings (SSSR count). The number of nitrogens with one attached hydrogen (secondary N) is 2. The van der Waals surface area contributed by atoms with Crippen LogP contribution in [0.4, 0.5) is 8.78 Å². The van der Waals surface area contributed by atoms with Crippen LogP contribution in [0.2, 0.25) is 0 Å². The predicted octanol–water partition coefficient (Wildman–Crippen LogP) is 2.02. The summed E-state index contributed by atoms with van der Waals surface area (Å²) < 4.78 is 28.7. The molecule has 2 atom stereocenters. The molecule has 0 fully saturated rings. The summed E-state index contributed by atoms with van der Waals surface area (Å²) >= 11 is 0. The molecule has 2 amide bonds. The lowest BCUT2D eigenvalue weighted by molar-refractivity contribution is 0.0696. The van der Waals surface area contributed by atoms with Crippen molar-refractivity contribution in [1.29, 1.82) is 0 Å². The number of rotatable bonds is 6. The summed E-state index contributed by atoms with van der Waals surface area (Å²) in [6, 6.07) is 10.2. The summed E-state index contributed by atoms with van der Waals surface area (Å²) in [4.78, 5) is 41.2. The number of fused-ring (bicyclic) bond motifs is 2. The standard InChI is InChI=1S/C25H19F2N5O5/c26-15-3-1-2-12(6-15)10-28-23(34)18-9-19(32-22(30-18)17(27)11-29-32)24(35)31-21-16-5-4-13(25(36)37)7-14(16)8-20(21)33/h1-7,9,11,20-21,33H,8,10H2,(H,28,34)(H,31,35)(H,36,37)/t20-,21-/m1/s1. The normalized spacial score (nSPS) is 16.4. The first-order valence-electron chi connectivity index (χ1n) is 11.1. The maximum Gasteiger partial charge on any atom is 0.335 e. The number of aromatic nitrogens is 3. The number of hydrogen-bond donors (Lipinski definition) is 4. The Kier molecular flexibility index (Phi) is 6.09. The van der Waals surface area contributed by atoms with E-state index in [2.05, 4.69) is 20.7 Å². The van der Waals surface area contributed by atoms with Gasteiger partial charge in [-0.15, -0.1) is 0 Å². The summed E-state index contributed by atoms with van der Waals surface area (Å²) in [6.07, 6.45) is -0.0680. The van der Waals surface area contributed by atoms with Crippen LogP contribution < -0.4 is 10.6 Å². The van der Waals surface area contributed by atoms with Gasteiger partial charge in [0.1, 0.15) is 17.2 Å². The van der Waals surface area contributed by atoms with Crippen LogP contribution in [0.15, 0.2) is 54.7 Å². The molecule has 0 spiro atoms. The molecule has 0 radical (unpaired) electrons. The molecule has 0 saturated carbocycles. The maximum absolute atomic E-state index is 14.4. The topological polar surface area (TPSA) is 146 Å². The SMILES string of the molecule is O=C(O)c1ccc2c(c1)C[C@@H](O)[C@@H]2NC(=O)c1cc(C(=O)NCc2cccc(F)c2)nc2c(F)cnn12. The van der Waals surface area contributed by atoms with E-state index in [-0.39, 0.29) is 35.6 Å².